The van der Waals surface area contributed by atoms with Crippen molar-refractivity contribution in [3.8, 4) is 23.0 Å². The van der Waals surface area contributed by atoms with Crippen LogP contribution in [-0.2, 0) is 26.3 Å². The molecule has 1 heterocycles. The highest BCUT2D eigenvalue weighted by Gasteiger charge is 2.49. The minimum absolute atomic E-state index is 0.0124. The van der Waals surface area contributed by atoms with Crippen LogP contribution in [0, 0.1) is 6.92 Å². The smallest absolute Gasteiger partial charge is 0.303 e. The summed E-state index contributed by atoms with van der Waals surface area (Å²) in [7, 11) is 0. The average molecular weight is 558 g/mol. The van der Waals surface area contributed by atoms with E-state index in [1.807, 2.05) is 0 Å². The lowest BCUT2D eigenvalue weighted by Gasteiger charge is -2.40. The predicted molar refractivity (Wildman–Crippen MR) is 130 cm³/mol. The number of carboxylic acid groups (broad SMARTS) is 1. The van der Waals surface area contributed by atoms with E-state index in [0.29, 0.717) is 5.56 Å². The van der Waals surface area contributed by atoms with Crippen molar-refractivity contribution in [2.75, 3.05) is 0 Å². The molecule has 3 aromatic rings. The molecule has 0 saturated carbocycles. The van der Waals surface area contributed by atoms with Crippen molar-refractivity contribution in [1.82, 2.24) is 0 Å². The Morgan fingerprint density at radius 2 is 1.60 bits per heavy atom. The first kappa shape index (κ1) is 25.3. The van der Waals surface area contributed by atoms with E-state index in [4.69, 9.17) is 55.9 Å². The van der Waals surface area contributed by atoms with Crippen LogP contribution in [0.25, 0.3) is 0 Å². The Labute approximate surface area is 219 Å². The van der Waals surface area contributed by atoms with Crippen LogP contribution in [0.5, 0.6) is 23.0 Å². The van der Waals surface area contributed by atoms with Gasteiger partial charge in [0.2, 0.25) is 0 Å². The maximum absolute atomic E-state index is 11.9. The van der Waals surface area contributed by atoms with Gasteiger partial charge in [0.05, 0.1) is 20.1 Å². The first-order valence-electron chi connectivity index (χ1n) is 10.1. The monoisotopic (exact) mass is 556 g/mol. The Kier molecular flexibility index (Phi) is 6.72. The third kappa shape index (κ3) is 4.02. The Bertz CT molecular complexity index is 1390. The molecule has 3 N–H and O–H groups in total. The van der Waals surface area contributed by atoms with Gasteiger partial charge in [0, 0.05) is 34.2 Å². The maximum Gasteiger partial charge on any atom is 0.303 e. The van der Waals surface area contributed by atoms with Gasteiger partial charge in [-0.05, 0) is 37.6 Å². The quantitative estimate of drug-likeness (QED) is 0.292. The second-order valence-corrected chi connectivity index (χ2v) is 9.42. The van der Waals surface area contributed by atoms with E-state index in [-0.39, 0.29) is 84.7 Å². The van der Waals surface area contributed by atoms with Gasteiger partial charge < -0.3 is 24.8 Å². The lowest BCUT2D eigenvalue weighted by molar-refractivity contribution is -0.138. The number of hydrogen-bond donors (Lipinski definition) is 3. The summed E-state index contributed by atoms with van der Waals surface area (Å²) < 4.78 is 11.9. The van der Waals surface area contributed by atoms with Gasteiger partial charge in [-0.15, -0.1) is 0 Å². The molecule has 11 heteroatoms. The summed E-state index contributed by atoms with van der Waals surface area (Å²) in [5.41, 5.74) is -0.724. The number of aliphatic carboxylic acids is 1. The van der Waals surface area contributed by atoms with Crippen LogP contribution < -0.4 is 4.74 Å². The molecule has 0 aromatic heterocycles. The molecular weight excluding hydrogens is 542 g/mol. The topological polar surface area (TPSA) is 113 Å². The number of carbonyl (C=O) groups is 2. The van der Waals surface area contributed by atoms with Gasteiger partial charge in [-0.3, -0.25) is 9.59 Å². The van der Waals surface area contributed by atoms with E-state index in [2.05, 4.69) is 0 Å². The van der Waals surface area contributed by atoms with Crippen molar-refractivity contribution >= 4 is 58.8 Å². The lowest BCUT2D eigenvalue weighted by Crippen LogP contribution is -2.36. The van der Waals surface area contributed by atoms with Crippen LogP contribution in [0.1, 0.15) is 34.2 Å². The van der Waals surface area contributed by atoms with Crippen LogP contribution in [0.2, 0.25) is 20.1 Å². The average Bonchev–Trinajstić information content (AvgIpc) is 2.80. The molecule has 1 aliphatic rings. The molecule has 1 aliphatic heterocycles. The lowest BCUT2D eigenvalue weighted by atomic mass is 9.76. The molecule has 1 atom stereocenters. The number of aromatic hydroxyl groups is 2. The number of fused-ring (bicyclic) bond motifs is 2. The molecule has 0 aliphatic carbocycles. The van der Waals surface area contributed by atoms with Crippen LogP contribution >= 0.6 is 46.4 Å². The molecular formula is C24H16Cl4O7. The number of phenolic OH excluding ortho intramolecular Hbond substituents is 2. The van der Waals surface area contributed by atoms with Gasteiger partial charge >= 0.3 is 5.97 Å². The van der Waals surface area contributed by atoms with E-state index in [1.165, 1.54) is 31.2 Å². The highest BCUT2D eigenvalue weighted by molar-refractivity contribution is 6.42. The summed E-state index contributed by atoms with van der Waals surface area (Å²) >= 11 is 25.1. The third-order valence-corrected chi connectivity index (χ3v) is 7.16. The Morgan fingerprint density at radius 3 is 2.20 bits per heavy atom. The largest absolute Gasteiger partial charge is 0.506 e. The van der Waals surface area contributed by atoms with Crippen molar-refractivity contribution in [1.29, 1.82) is 0 Å². The molecule has 1 unspecified atom stereocenters. The van der Waals surface area contributed by atoms with E-state index in [0.717, 1.165) is 0 Å². The van der Waals surface area contributed by atoms with Gasteiger partial charge in [-0.25, -0.2) is 0 Å². The number of halogens is 4. The maximum atomic E-state index is 11.9. The van der Waals surface area contributed by atoms with Gasteiger partial charge in [0.15, 0.2) is 5.60 Å². The van der Waals surface area contributed by atoms with E-state index < -0.39 is 11.6 Å². The van der Waals surface area contributed by atoms with Gasteiger partial charge in [0.25, 0.3) is 6.47 Å². The summed E-state index contributed by atoms with van der Waals surface area (Å²) in [5, 5.41) is 30.7. The minimum Gasteiger partial charge on any atom is -0.506 e. The van der Waals surface area contributed by atoms with E-state index >= 15 is 0 Å². The van der Waals surface area contributed by atoms with Crippen LogP contribution in [0.3, 0.4) is 0 Å². The molecule has 7 nitrogen and oxygen atoms in total. The van der Waals surface area contributed by atoms with Crippen LogP contribution in [0.4, 0.5) is 0 Å². The summed E-state index contributed by atoms with van der Waals surface area (Å²) in [6.07, 6.45) is -0.508. The number of carboxylic acids is 1. The second-order valence-electron chi connectivity index (χ2n) is 7.79. The standard InChI is InChI=1S/C24H16Cl4O7/c1-10-20(32)17(27)7-13-22(10)35-23-12(3-5-19(30)31)21(33)18(28)8-14(23)24(13,34-9-29)11-2-4-15(25)16(26)6-11/h2,4,6-9,32-33H,3,5H2,1H3,(H,30,31). The molecule has 0 amide bonds. The number of phenols is 2. The molecule has 0 bridgehead atoms. The molecule has 0 fully saturated rings. The van der Waals surface area contributed by atoms with E-state index in [1.54, 1.807) is 6.07 Å². The molecule has 3 aromatic carbocycles. The summed E-state index contributed by atoms with van der Waals surface area (Å²) in [4.78, 5) is 23.2. The van der Waals surface area contributed by atoms with Crippen molar-refractivity contribution in [3.05, 3.63) is 78.2 Å². The Hall–Kier alpha value is -2.84. The van der Waals surface area contributed by atoms with Crippen molar-refractivity contribution in [3.63, 3.8) is 0 Å². The molecule has 0 radical (unpaired) electrons. The number of carbonyl (C=O) groups excluding carboxylic acids is 1. The Morgan fingerprint density at radius 1 is 0.971 bits per heavy atom. The highest BCUT2D eigenvalue weighted by Crippen LogP contribution is 2.58. The van der Waals surface area contributed by atoms with Crippen molar-refractivity contribution in [2.45, 2.75) is 25.4 Å². The summed E-state index contributed by atoms with van der Waals surface area (Å²) in [6, 6.07) is 7.30. The molecule has 0 saturated heterocycles. The zero-order chi connectivity index (χ0) is 25.7. The minimum atomic E-state index is -1.77. The molecule has 35 heavy (non-hydrogen) atoms. The molecule has 182 valence electrons. The zero-order valence-electron chi connectivity index (χ0n) is 17.9. The molecule has 0 spiro atoms. The van der Waals surface area contributed by atoms with Crippen LogP contribution in [-0.4, -0.2) is 27.8 Å². The third-order valence-electron chi connectivity index (χ3n) is 5.84. The summed E-state index contributed by atoms with van der Waals surface area (Å²) in [6.45, 7) is 1.76. The number of ether oxygens (including phenoxy) is 2. The Balaban J connectivity index is 2.18. The summed E-state index contributed by atoms with van der Waals surface area (Å²) in [5.74, 6) is -1.67. The SMILES string of the molecule is Cc1c(O)c(Cl)cc2c1Oc1c(cc(Cl)c(O)c1CCC(=O)O)C2(OC=O)c1ccc(Cl)c(Cl)c1. The predicted octanol–water partition coefficient (Wildman–Crippen LogP) is 6.61. The van der Waals surface area contributed by atoms with Crippen LogP contribution in [0.15, 0.2) is 30.3 Å². The molecule has 4 rings (SSSR count). The van der Waals surface area contributed by atoms with E-state index in [9.17, 15) is 24.9 Å². The highest BCUT2D eigenvalue weighted by atomic mass is 35.5. The fourth-order valence-electron chi connectivity index (χ4n) is 4.20. The first-order valence-corrected chi connectivity index (χ1v) is 11.6. The van der Waals surface area contributed by atoms with Crippen molar-refractivity contribution < 1.29 is 34.4 Å². The number of rotatable bonds is 6. The second kappa shape index (κ2) is 9.32. The number of benzene rings is 3. The zero-order valence-corrected chi connectivity index (χ0v) is 20.9. The van der Waals surface area contributed by atoms with Gasteiger partial charge in [-0.2, -0.15) is 0 Å². The number of hydrogen-bond acceptors (Lipinski definition) is 6. The first-order chi connectivity index (χ1) is 16.5. The van der Waals surface area contributed by atoms with Gasteiger partial charge in [-0.1, -0.05) is 52.5 Å². The van der Waals surface area contributed by atoms with Gasteiger partial charge in [0.1, 0.15) is 23.0 Å². The van der Waals surface area contributed by atoms with Crippen molar-refractivity contribution in [2.24, 2.45) is 0 Å². The fraction of sp³-hybridized carbons (Fsp3) is 0.167. The normalized spacial score (nSPS) is 16.1. The fourth-order valence-corrected chi connectivity index (χ4v) is 4.97.